The molecule has 0 saturated heterocycles. The molecule has 2 N–H and O–H groups in total. The molecule has 1 unspecified atom stereocenters. The van der Waals surface area contributed by atoms with Gasteiger partial charge in [0.25, 0.3) is 5.91 Å². The summed E-state index contributed by atoms with van der Waals surface area (Å²) in [5.74, 6) is -2.48. The van der Waals surface area contributed by atoms with Crippen molar-refractivity contribution in [2.75, 3.05) is 0 Å². The molecule has 3 nitrogen and oxygen atoms in total. The standard InChI is InChI=1S/C9H9F3N2O/c1-5(9(10,11)12)6-2-3-14-7(4-6)8(13)15/h2-5H,1H3,(H2,13,15). The first-order valence-electron chi connectivity index (χ1n) is 4.15. The van der Waals surface area contributed by atoms with E-state index in [1.54, 1.807) is 0 Å². The van der Waals surface area contributed by atoms with Gasteiger partial charge in [0.1, 0.15) is 5.69 Å². The number of hydrogen-bond donors (Lipinski definition) is 1. The molecule has 0 radical (unpaired) electrons. The normalized spacial score (nSPS) is 13.6. The quantitative estimate of drug-likeness (QED) is 0.823. The molecule has 1 atom stereocenters. The molecule has 1 amide bonds. The number of nitrogens with zero attached hydrogens (tertiary/aromatic N) is 1. The number of aromatic nitrogens is 1. The van der Waals surface area contributed by atoms with E-state index in [0.29, 0.717) is 0 Å². The average molecular weight is 218 g/mol. The zero-order valence-electron chi connectivity index (χ0n) is 7.88. The van der Waals surface area contributed by atoms with E-state index in [1.165, 1.54) is 6.07 Å². The molecule has 1 heterocycles. The summed E-state index contributed by atoms with van der Waals surface area (Å²) in [6.45, 7) is 1.01. The fourth-order valence-corrected chi connectivity index (χ4v) is 1.04. The van der Waals surface area contributed by atoms with Gasteiger partial charge < -0.3 is 5.73 Å². The van der Waals surface area contributed by atoms with E-state index in [-0.39, 0.29) is 11.3 Å². The highest BCUT2D eigenvalue weighted by Gasteiger charge is 2.37. The van der Waals surface area contributed by atoms with E-state index < -0.39 is 18.0 Å². The fourth-order valence-electron chi connectivity index (χ4n) is 1.04. The molecule has 0 bridgehead atoms. The molecular formula is C9H9F3N2O. The highest BCUT2D eigenvalue weighted by atomic mass is 19.4. The Labute approximate surface area is 84.1 Å². The Kier molecular flexibility index (Phi) is 2.97. The molecule has 0 aliphatic rings. The Morgan fingerprint density at radius 2 is 2.13 bits per heavy atom. The lowest BCUT2D eigenvalue weighted by Crippen LogP contribution is -2.19. The van der Waals surface area contributed by atoms with Crippen molar-refractivity contribution in [3.05, 3.63) is 29.6 Å². The predicted octanol–water partition coefficient (Wildman–Crippen LogP) is 1.85. The second-order valence-corrected chi connectivity index (χ2v) is 3.10. The Bertz CT molecular complexity index is 376. The first-order valence-corrected chi connectivity index (χ1v) is 4.15. The molecule has 1 rings (SSSR count). The maximum atomic E-state index is 12.3. The smallest absolute Gasteiger partial charge is 0.364 e. The van der Waals surface area contributed by atoms with Crippen LogP contribution in [0.1, 0.15) is 28.9 Å². The highest BCUT2D eigenvalue weighted by Crippen LogP contribution is 2.33. The minimum absolute atomic E-state index is 0.0219. The molecule has 0 fully saturated rings. The Hall–Kier alpha value is -1.59. The number of primary amides is 1. The van der Waals surface area contributed by atoms with Gasteiger partial charge in [0, 0.05) is 6.20 Å². The Morgan fingerprint density at radius 3 is 2.60 bits per heavy atom. The van der Waals surface area contributed by atoms with E-state index in [9.17, 15) is 18.0 Å². The van der Waals surface area contributed by atoms with Crippen molar-refractivity contribution in [1.82, 2.24) is 4.98 Å². The van der Waals surface area contributed by atoms with Crippen LogP contribution in [0.4, 0.5) is 13.2 Å². The minimum Gasteiger partial charge on any atom is -0.364 e. The summed E-state index contributed by atoms with van der Waals surface area (Å²) < 4.78 is 37.0. The van der Waals surface area contributed by atoms with E-state index >= 15 is 0 Å². The molecule has 1 aromatic heterocycles. The second-order valence-electron chi connectivity index (χ2n) is 3.10. The predicted molar refractivity (Wildman–Crippen MR) is 47.2 cm³/mol. The summed E-state index contributed by atoms with van der Waals surface area (Å²) >= 11 is 0. The molecule has 0 aromatic carbocycles. The van der Waals surface area contributed by atoms with Crippen molar-refractivity contribution in [2.45, 2.75) is 19.0 Å². The number of carbonyl (C=O) groups excluding carboxylic acids is 1. The van der Waals surface area contributed by atoms with E-state index in [2.05, 4.69) is 4.98 Å². The Morgan fingerprint density at radius 1 is 1.53 bits per heavy atom. The van der Waals surface area contributed by atoms with Crippen LogP contribution in [0.25, 0.3) is 0 Å². The van der Waals surface area contributed by atoms with Crippen LogP contribution in [0.5, 0.6) is 0 Å². The molecule has 15 heavy (non-hydrogen) atoms. The summed E-state index contributed by atoms with van der Waals surface area (Å²) in [7, 11) is 0. The van der Waals surface area contributed by atoms with Crippen LogP contribution < -0.4 is 5.73 Å². The lowest BCUT2D eigenvalue weighted by molar-refractivity contribution is -0.146. The number of rotatable bonds is 2. The minimum atomic E-state index is -4.34. The summed E-state index contributed by atoms with van der Waals surface area (Å²) in [6.07, 6.45) is -3.20. The van der Waals surface area contributed by atoms with Gasteiger partial charge in [-0.25, -0.2) is 0 Å². The molecule has 0 spiro atoms. The number of alkyl halides is 3. The SMILES string of the molecule is CC(c1ccnc(C(N)=O)c1)C(F)(F)F. The van der Waals surface area contributed by atoms with Gasteiger partial charge in [-0.3, -0.25) is 9.78 Å². The van der Waals surface area contributed by atoms with Gasteiger partial charge in [0.2, 0.25) is 0 Å². The van der Waals surface area contributed by atoms with Gasteiger partial charge in [-0.05, 0) is 24.6 Å². The number of pyridine rings is 1. The molecule has 0 aliphatic heterocycles. The molecule has 0 saturated carbocycles. The van der Waals surface area contributed by atoms with E-state index in [4.69, 9.17) is 5.73 Å². The van der Waals surface area contributed by atoms with Gasteiger partial charge in [0.15, 0.2) is 0 Å². The summed E-state index contributed by atoms with van der Waals surface area (Å²) in [4.78, 5) is 14.3. The third kappa shape index (κ3) is 2.68. The first-order chi connectivity index (χ1) is 6.82. The lowest BCUT2D eigenvalue weighted by Gasteiger charge is -2.15. The van der Waals surface area contributed by atoms with E-state index in [0.717, 1.165) is 19.2 Å². The maximum absolute atomic E-state index is 12.3. The number of carbonyl (C=O) groups is 1. The topological polar surface area (TPSA) is 56.0 Å². The van der Waals surface area contributed by atoms with Gasteiger partial charge in [0.05, 0.1) is 5.92 Å². The van der Waals surface area contributed by atoms with Gasteiger partial charge in [-0.2, -0.15) is 13.2 Å². The van der Waals surface area contributed by atoms with Crippen LogP contribution in [0, 0.1) is 0 Å². The second kappa shape index (κ2) is 3.88. The number of hydrogen-bond acceptors (Lipinski definition) is 2. The van der Waals surface area contributed by atoms with Crippen LogP contribution in [0.15, 0.2) is 18.3 Å². The van der Waals surface area contributed by atoms with Crippen molar-refractivity contribution in [3.8, 4) is 0 Å². The number of halogens is 3. The first kappa shape index (κ1) is 11.5. The molecular weight excluding hydrogens is 209 g/mol. The molecule has 0 aliphatic carbocycles. The summed E-state index contributed by atoms with van der Waals surface area (Å²) in [6, 6.07) is 2.27. The average Bonchev–Trinajstić information content (AvgIpc) is 2.15. The maximum Gasteiger partial charge on any atom is 0.395 e. The zero-order valence-corrected chi connectivity index (χ0v) is 7.88. The third-order valence-corrected chi connectivity index (χ3v) is 2.03. The van der Waals surface area contributed by atoms with Crippen molar-refractivity contribution in [1.29, 1.82) is 0 Å². The van der Waals surface area contributed by atoms with E-state index in [1.807, 2.05) is 0 Å². The molecule has 82 valence electrons. The van der Waals surface area contributed by atoms with Crippen LogP contribution in [0.2, 0.25) is 0 Å². The molecule has 1 aromatic rings. The largest absolute Gasteiger partial charge is 0.395 e. The fraction of sp³-hybridized carbons (Fsp3) is 0.333. The van der Waals surface area contributed by atoms with Crippen molar-refractivity contribution >= 4 is 5.91 Å². The summed E-state index contributed by atoms with van der Waals surface area (Å²) in [5.41, 5.74) is 4.72. The lowest BCUT2D eigenvalue weighted by atomic mass is 10.0. The number of nitrogens with two attached hydrogens (primary N) is 1. The number of amides is 1. The van der Waals surface area contributed by atoms with Crippen LogP contribution >= 0.6 is 0 Å². The van der Waals surface area contributed by atoms with Gasteiger partial charge >= 0.3 is 6.18 Å². The van der Waals surface area contributed by atoms with Crippen LogP contribution in [-0.4, -0.2) is 17.1 Å². The van der Waals surface area contributed by atoms with Gasteiger partial charge in [-0.15, -0.1) is 0 Å². The van der Waals surface area contributed by atoms with Gasteiger partial charge in [-0.1, -0.05) is 0 Å². The summed E-state index contributed by atoms with van der Waals surface area (Å²) in [5, 5.41) is 0. The van der Waals surface area contributed by atoms with Crippen molar-refractivity contribution in [2.24, 2.45) is 5.73 Å². The van der Waals surface area contributed by atoms with Crippen molar-refractivity contribution in [3.63, 3.8) is 0 Å². The Balaban J connectivity index is 3.06. The highest BCUT2D eigenvalue weighted by molar-refractivity contribution is 5.90. The monoisotopic (exact) mass is 218 g/mol. The molecule has 6 heteroatoms. The van der Waals surface area contributed by atoms with Crippen molar-refractivity contribution < 1.29 is 18.0 Å². The van der Waals surface area contributed by atoms with Crippen LogP contribution in [0.3, 0.4) is 0 Å². The third-order valence-electron chi connectivity index (χ3n) is 2.03. The zero-order chi connectivity index (χ0) is 11.6. The van der Waals surface area contributed by atoms with Crippen LogP contribution in [-0.2, 0) is 0 Å².